The lowest BCUT2D eigenvalue weighted by atomic mass is 9.96. The van der Waals surface area contributed by atoms with Crippen LogP contribution in [0.4, 0.5) is 5.69 Å². The molecular weight excluding hydrogens is 468 g/mol. The van der Waals surface area contributed by atoms with Crippen LogP contribution in [0.3, 0.4) is 0 Å². The first-order valence-corrected chi connectivity index (χ1v) is 12.3. The van der Waals surface area contributed by atoms with Gasteiger partial charge in [-0.3, -0.25) is 4.98 Å². The number of aromatic nitrogens is 2. The number of nitrogens with one attached hydrogen (secondary N) is 1. The summed E-state index contributed by atoms with van der Waals surface area (Å²) >= 11 is 5.94. The van der Waals surface area contributed by atoms with Gasteiger partial charge in [-0.2, -0.15) is 0 Å². The molecule has 1 aliphatic rings. The van der Waals surface area contributed by atoms with E-state index in [9.17, 15) is 0 Å². The van der Waals surface area contributed by atoms with Crippen molar-refractivity contribution in [2.45, 2.75) is 32.9 Å². The fraction of sp³-hybridized carbons (Fsp3) is 0.241. The fourth-order valence-corrected chi connectivity index (χ4v) is 5.53. The second kappa shape index (κ2) is 9.66. The molecule has 2 aromatic carbocycles. The Morgan fingerprint density at radius 1 is 0.889 bits per heavy atom. The molecule has 0 radical (unpaired) electrons. The van der Waals surface area contributed by atoms with Gasteiger partial charge in [0.2, 0.25) is 0 Å². The van der Waals surface area contributed by atoms with Gasteiger partial charge in [0, 0.05) is 29.3 Å². The molecule has 5 rings (SSSR count). The maximum atomic E-state index is 5.94. The highest BCUT2D eigenvalue weighted by atomic mass is 32.1. The summed E-state index contributed by atoms with van der Waals surface area (Å²) in [6.07, 6.45) is 1.82. The van der Waals surface area contributed by atoms with Gasteiger partial charge in [0.05, 0.1) is 37.7 Å². The van der Waals surface area contributed by atoms with Crippen LogP contribution in [-0.4, -0.2) is 28.9 Å². The highest BCUT2D eigenvalue weighted by Gasteiger charge is 2.43. The summed E-state index contributed by atoms with van der Waals surface area (Å²) in [5, 5.41) is 4.18. The average molecular weight is 499 g/mol. The third-order valence-corrected chi connectivity index (χ3v) is 7.20. The summed E-state index contributed by atoms with van der Waals surface area (Å²) in [5.41, 5.74) is 7.71. The molecular formula is C29H30N4O2S. The van der Waals surface area contributed by atoms with E-state index in [0.29, 0.717) is 10.9 Å². The summed E-state index contributed by atoms with van der Waals surface area (Å²) in [6.45, 7) is 6.47. The second-order valence-corrected chi connectivity index (χ2v) is 9.37. The molecule has 4 aromatic rings. The number of para-hydroxylation sites is 1. The topological polar surface area (TPSA) is 51.5 Å². The van der Waals surface area contributed by atoms with Crippen molar-refractivity contribution in [2.75, 3.05) is 19.1 Å². The third kappa shape index (κ3) is 3.99. The van der Waals surface area contributed by atoms with E-state index in [1.54, 1.807) is 14.2 Å². The van der Waals surface area contributed by atoms with Gasteiger partial charge >= 0.3 is 0 Å². The van der Waals surface area contributed by atoms with Crippen LogP contribution in [0.2, 0.25) is 0 Å². The highest BCUT2D eigenvalue weighted by Crippen LogP contribution is 2.46. The summed E-state index contributed by atoms with van der Waals surface area (Å²) < 4.78 is 13.6. The molecule has 2 unspecified atom stereocenters. The van der Waals surface area contributed by atoms with E-state index in [1.165, 1.54) is 16.8 Å². The van der Waals surface area contributed by atoms with E-state index >= 15 is 0 Å². The molecule has 184 valence electrons. The van der Waals surface area contributed by atoms with E-state index in [2.05, 4.69) is 65.9 Å². The van der Waals surface area contributed by atoms with Gasteiger partial charge in [-0.15, -0.1) is 0 Å². The number of ether oxygens (including phenoxy) is 2. The minimum atomic E-state index is -0.142. The van der Waals surface area contributed by atoms with Crippen molar-refractivity contribution in [3.8, 4) is 17.2 Å². The van der Waals surface area contributed by atoms with Crippen molar-refractivity contribution in [3.05, 3.63) is 101 Å². The number of anilines is 1. The first-order valence-electron chi connectivity index (χ1n) is 11.9. The highest BCUT2D eigenvalue weighted by molar-refractivity contribution is 7.80. The molecule has 7 heteroatoms. The van der Waals surface area contributed by atoms with Gasteiger partial charge in [-0.1, -0.05) is 24.3 Å². The van der Waals surface area contributed by atoms with Gasteiger partial charge in [0.15, 0.2) is 5.11 Å². The second-order valence-electron chi connectivity index (χ2n) is 8.98. The molecule has 2 aromatic heterocycles. The van der Waals surface area contributed by atoms with Crippen molar-refractivity contribution >= 4 is 23.0 Å². The number of benzene rings is 2. The zero-order valence-corrected chi connectivity index (χ0v) is 22.0. The molecule has 0 bridgehead atoms. The summed E-state index contributed by atoms with van der Waals surface area (Å²) in [6, 6.07) is 22.3. The summed E-state index contributed by atoms with van der Waals surface area (Å²) in [5.74, 6) is 1.42. The molecule has 36 heavy (non-hydrogen) atoms. The van der Waals surface area contributed by atoms with Crippen LogP contribution in [0.1, 0.15) is 40.3 Å². The molecule has 1 N–H and O–H groups in total. The Hall–Kier alpha value is -3.84. The maximum absolute atomic E-state index is 5.94. The number of thiocarbonyl (C=S) groups is 1. The van der Waals surface area contributed by atoms with Crippen LogP contribution in [0.15, 0.2) is 72.9 Å². The number of rotatable bonds is 6. The number of hydrogen-bond acceptors (Lipinski definition) is 4. The van der Waals surface area contributed by atoms with Crippen molar-refractivity contribution < 1.29 is 9.47 Å². The first kappa shape index (κ1) is 23.9. The molecule has 0 spiro atoms. The zero-order chi connectivity index (χ0) is 25.4. The predicted molar refractivity (Wildman–Crippen MR) is 147 cm³/mol. The Morgan fingerprint density at radius 2 is 1.67 bits per heavy atom. The standard InChI is InChI=1S/C29H30N4O2S/c1-18-10-6-7-12-24(18)32-19(2)16-22(20(32)3)28-27(23-11-8-9-15-30-23)31-29(36)33(28)25-14-13-21(34-4)17-26(25)35-5/h6-17,27-28H,1-5H3,(H,31,36). The molecule has 1 aliphatic heterocycles. The normalized spacial score (nSPS) is 17.2. The Bertz CT molecular complexity index is 1420. The molecule has 0 amide bonds. The lowest BCUT2D eigenvalue weighted by Gasteiger charge is -2.29. The van der Waals surface area contributed by atoms with Crippen LogP contribution in [0.5, 0.6) is 11.5 Å². The van der Waals surface area contributed by atoms with E-state index in [0.717, 1.165) is 28.5 Å². The Balaban J connectivity index is 1.71. The third-order valence-electron chi connectivity index (χ3n) is 6.89. The van der Waals surface area contributed by atoms with E-state index < -0.39 is 0 Å². The smallest absolute Gasteiger partial charge is 0.174 e. The van der Waals surface area contributed by atoms with Crippen LogP contribution >= 0.6 is 12.2 Å². The number of nitrogens with zero attached hydrogens (tertiary/aromatic N) is 3. The van der Waals surface area contributed by atoms with E-state index in [4.69, 9.17) is 26.7 Å². The molecule has 3 heterocycles. The number of pyridine rings is 1. The van der Waals surface area contributed by atoms with Gasteiger partial charge in [-0.05, 0) is 80.5 Å². The Labute approximate surface area is 217 Å². The van der Waals surface area contributed by atoms with Crippen molar-refractivity contribution in [2.24, 2.45) is 0 Å². The van der Waals surface area contributed by atoms with Gasteiger partial charge < -0.3 is 24.3 Å². The van der Waals surface area contributed by atoms with Crippen LogP contribution in [-0.2, 0) is 0 Å². The molecule has 2 atom stereocenters. The molecule has 6 nitrogen and oxygen atoms in total. The Morgan fingerprint density at radius 3 is 2.36 bits per heavy atom. The van der Waals surface area contributed by atoms with Crippen LogP contribution < -0.4 is 19.7 Å². The summed E-state index contributed by atoms with van der Waals surface area (Å²) in [7, 11) is 3.32. The van der Waals surface area contributed by atoms with Gasteiger partial charge in [0.1, 0.15) is 11.5 Å². The van der Waals surface area contributed by atoms with Crippen molar-refractivity contribution in [3.63, 3.8) is 0 Å². The molecule has 0 aliphatic carbocycles. The molecule has 1 fully saturated rings. The zero-order valence-electron chi connectivity index (χ0n) is 21.1. The lowest BCUT2D eigenvalue weighted by Crippen LogP contribution is -2.30. The average Bonchev–Trinajstić information content (AvgIpc) is 3.39. The van der Waals surface area contributed by atoms with Crippen LogP contribution in [0.25, 0.3) is 5.69 Å². The lowest BCUT2D eigenvalue weighted by molar-refractivity contribution is 0.394. The number of aryl methyl sites for hydroxylation is 2. The summed E-state index contributed by atoms with van der Waals surface area (Å²) in [4.78, 5) is 6.84. The first-order chi connectivity index (χ1) is 17.4. The molecule has 0 saturated carbocycles. The predicted octanol–water partition coefficient (Wildman–Crippen LogP) is 5.99. The number of methoxy groups -OCH3 is 2. The minimum absolute atomic E-state index is 0.140. The maximum Gasteiger partial charge on any atom is 0.174 e. The SMILES string of the molecule is COc1ccc(N2C(=S)NC(c3ccccn3)C2c2cc(C)n(-c3ccccc3C)c2C)c(OC)c1. The van der Waals surface area contributed by atoms with Gasteiger partial charge in [-0.25, -0.2) is 0 Å². The molecule has 1 saturated heterocycles. The quantitative estimate of drug-likeness (QED) is 0.330. The van der Waals surface area contributed by atoms with Crippen LogP contribution in [0, 0.1) is 20.8 Å². The monoisotopic (exact) mass is 498 g/mol. The number of hydrogen-bond donors (Lipinski definition) is 1. The van der Waals surface area contributed by atoms with E-state index in [-0.39, 0.29) is 12.1 Å². The fourth-order valence-electron chi connectivity index (χ4n) is 5.19. The van der Waals surface area contributed by atoms with Gasteiger partial charge in [0.25, 0.3) is 0 Å². The van der Waals surface area contributed by atoms with Crippen molar-refractivity contribution in [1.82, 2.24) is 14.9 Å². The minimum Gasteiger partial charge on any atom is -0.497 e. The Kier molecular flexibility index (Phi) is 6.41. The van der Waals surface area contributed by atoms with Crippen molar-refractivity contribution in [1.29, 1.82) is 0 Å². The van der Waals surface area contributed by atoms with E-state index in [1.807, 2.05) is 42.6 Å². The largest absolute Gasteiger partial charge is 0.497 e.